The molecule has 0 spiro atoms. The van der Waals surface area contributed by atoms with Crippen LogP contribution < -0.4 is 5.32 Å². The van der Waals surface area contributed by atoms with Gasteiger partial charge in [0.25, 0.3) is 5.69 Å². The Morgan fingerprint density at radius 1 is 1.39 bits per heavy atom. The van der Waals surface area contributed by atoms with Crippen LogP contribution in [-0.2, 0) is 4.79 Å². The van der Waals surface area contributed by atoms with E-state index in [4.69, 9.17) is 0 Å². The molecule has 7 nitrogen and oxygen atoms in total. The van der Waals surface area contributed by atoms with E-state index < -0.39 is 4.92 Å². The van der Waals surface area contributed by atoms with Crippen LogP contribution in [-0.4, -0.2) is 20.6 Å². The molecule has 1 amide bonds. The molecule has 0 radical (unpaired) electrons. The Labute approximate surface area is 133 Å². The van der Waals surface area contributed by atoms with Gasteiger partial charge in [0.2, 0.25) is 5.91 Å². The van der Waals surface area contributed by atoms with E-state index in [0.717, 1.165) is 6.42 Å². The summed E-state index contributed by atoms with van der Waals surface area (Å²) in [4.78, 5) is 22.1. The monoisotopic (exact) mass is 314 g/mol. The van der Waals surface area contributed by atoms with E-state index in [1.165, 1.54) is 18.2 Å². The Balaban J connectivity index is 2.02. The van der Waals surface area contributed by atoms with Gasteiger partial charge in [-0.25, -0.2) is 4.68 Å². The van der Waals surface area contributed by atoms with Gasteiger partial charge in [0, 0.05) is 24.3 Å². The Morgan fingerprint density at radius 2 is 2.09 bits per heavy atom. The van der Waals surface area contributed by atoms with Crippen molar-refractivity contribution in [3.8, 4) is 0 Å². The van der Waals surface area contributed by atoms with Crippen LogP contribution in [0.15, 0.2) is 42.6 Å². The van der Waals surface area contributed by atoms with Crippen molar-refractivity contribution in [1.82, 2.24) is 9.78 Å². The summed E-state index contributed by atoms with van der Waals surface area (Å²) in [6, 6.07) is 7.91. The number of carbonyl (C=O) groups excluding carboxylic acids is 1. The second kappa shape index (κ2) is 7.35. The second-order valence-electron chi connectivity index (χ2n) is 5.09. The molecular formula is C16H18N4O3. The van der Waals surface area contributed by atoms with Crippen molar-refractivity contribution in [2.24, 2.45) is 0 Å². The molecular weight excluding hydrogens is 296 g/mol. The minimum Gasteiger partial charge on any atom is -0.307 e. The lowest BCUT2D eigenvalue weighted by Gasteiger charge is -2.13. The topological polar surface area (TPSA) is 90.1 Å². The summed E-state index contributed by atoms with van der Waals surface area (Å²) in [7, 11) is 0. The average Bonchev–Trinajstić information content (AvgIpc) is 3.00. The zero-order valence-corrected chi connectivity index (χ0v) is 13.0. The molecule has 1 aromatic carbocycles. The predicted molar refractivity (Wildman–Crippen MR) is 88.0 cm³/mol. The molecule has 0 aliphatic carbocycles. The molecule has 1 atom stereocenters. The summed E-state index contributed by atoms with van der Waals surface area (Å²) < 4.78 is 1.76. The molecule has 0 bridgehead atoms. The third-order valence-corrected chi connectivity index (χ3v) is 3.46. The van der Waals surface area contributed by atoms with Gasteiger partial charge in [0.05, 0.1) is 17.2 Å². The van der Waals surface area contributed by atoms with Gasteiger partial charge in [-0.15, -0.1) is 0 Å². The van der Waals surface area contributed by atoms with Gasteiger partial charge in [-0.1, -0.05) is 6.92 Å². The first-order valence-electron chi connectivity index (χ1n) is 7.28. The Hall–Kier alpha value is -2.96. The van der Waals surface area contributed by atoms with E-state index in [1.54, 1.807) is 35.2 Å². The number of nitro groups is 1. The molecule has 0 aliphatic heterocycles. The fraction of sp³-hybridized carbons (Fsp3) is 0.250. The van der Waals surface area contributed by atoms with Gasteiger partial charge in [-0.3, -0.25) is 14.9 Å². The molecule has 0 saturated heterocycles. The zero-order valence-electron chi connectivity index (χ0n) is 13.0. The third kappa shape index (κ3) is 4.26. The number of hydrogen-bond donors (Lipinski definition) is 1. The highest BCUT2D eigenvalue weighted by Crippen LogP contribution is 2.17. The molecule has 0 aliphatic rings. The Bertz CT molecular complexity index is 719. The van der Waals surface area contributed by atoms with E-state index in [-0.39, 0.29) is 17.6 Å². The number of rotatable bonds is 6. The molecule has 2 rings (SSSR count). The maximum atomic E-state index is 12.0. The molecule has 0 fully saturated rings. The summed E-state index contributed by atoms with van der Waals surface area (Å²) in [5.41, 5.74) is 0.727. The van der Waals surface area contributed by atoms with Crippen LogP contribution >= 0.6 is 0 Å². The van der Waals surface area contributed by atoms with Crippen molar-refractivity contribution < 1.29 is 9.72 Å². The zero-order chi connectivity index (χ0) is 16.8. The summed E-state index contributed by atoms with van der Waals surface area (Å²) >= 11 is 0. The van der Waals surface area contributed by atoms with Crippen LogP contribution in [0.5, 0.6) is 0 Å². The molecule has 23 heavy (non-hydrogen) atoms. The van der Waals surface area contributed by atoms with E-state index in [1.807, 2.05) is 13.8 Å². The molecule has 1 unspecified atom stereocenters. The molecule has 1 N–H and O–H groups in total. The van der Waals surface area contributed by atoms with Crippen LogP contribution in [0.25, 0.3) is 6.08 Å². The van der Waals surface area contributed by atoms with Gasteiger partial charge in [-0.05, 0) is 37.1 Å². The normalized spacial score (nSPS) is 12.3. The smallest absolute Gasteiger partial charge is 0.269 e. The number of hydrogen-bond acceptors (Lipinski definition) is 4. The lowest BCUT2D eigenvalue weighted by molar-refractivity contribution is -0.384. The molecule has 1 heterocycles. The van der Waals surface area contributed by atoms with Gasteiger partial charge in [0.1, 0.15) is 5.82 Å². The fourth-order valence-corrected chi connectivity index (χ4v) is 1.98. The lowest BCUT2D eigenvalue weighted by atomic mass is 10.2. The first-order chi connectivity index (χ1) is 11.0. The van der Waals surface area contributed by atoms with E-state index in [9.17, 15) is 14.9 Å². The van der Waals surface area contributed by atoms with Gasteiger partial charge in [-0.2, -0.15) is 5.10 Å². The summed E-state index contributed by atoms with van der Waals surface area (Å²) in [5.74, 6) is 0.353. The number of benzene rings is 1. The van der Waals surface area contributed by atoms with Crippen LogP contribution in [0, 0.1) is 10.1 Å². The largest absolute Gasteiger partial charge is 0.307 e. The quantitative estimate of drug-likeness (QED) is 0.502. The van der Waals surface area contributed by atoms with Crippen LogP contribution in [0.1, 0.15) is 31.9 Å². The van der Waals surface area contributed by atoms with Crippen LogP contribution in [0.3, 0.4) is 0 Å². The highest BCUT2D eigenvalue weighted by molar-refractivity contribution is 6.01. The first kappa shape index (κ1) is 16.4. The first-order valence-corrected chi connectivity index (χ1v) is 7.28. The molecule has 7 heteroatoms. The van der Waals surface area contributed by atoms with Gasteiger partial charge < -0.3 is 5.32 Å². The highest BCUT2D eigenvalue weighted by Gasteiger charge is 2.09. The van der Waals surface area contributed by atoms with E-state index in [0.29, 0.717) is 11.4 Å². The second-order valence-corrected chi connectivity index (χ2v) is 5.09. The number of carbonyl (C=O) groups is 1. The average molecular weight is 314 g/mol. The van der Waals surface area contributed by atoms with Gasteiger partial charge >= 0.3 is 0 Å². The Kier molecular flexibility index (Phi) is 5.24. The van der Waals surface area contributed by atoms with Crippen LogP contribution in [0.4, 0.5) is 11.5 Å². The molecule has 2 aromatic rings. The Morgan fingerprint density at radius 3 is 2.70 bits per heavy atom. The van der Waals surface area contributed by atoms with Crippen molar-refractivity contribution in [3.05, 3.63) is 58.3 Å². The van der Waals surface area contributed by atoms with Crippen molar-refractivity contribution >= 4 is 23.5 Å². The minimum atomic E-state index is -0.462. The van der Waals surface area contributed by atoms with E-state index in [2.05, 4.69) is 10.4 Å². The van der Waals surface area contributed by atoms with Crippen molar-refractivity contribution in [3.63, 3.8) is 0 Å². The number of non-ortho nitro benzene ring substituents is 1. The highest BCUT2D eigenvalue weighted by atomic mass is 16.6. The van der Waals surface area contributed by atoms with Crippen molar-refractivity contribution in [2.45, 2.75) is 26.3 Å². The number of nitrogens with one attached hydrogen (secondary N) is 1. The van der Waals surface area contributed by atoms with Crippen molar-refractivity contribution in [1.29, 1.82) is 0 Å². The number of anilines is 1. The van der Waals surface area contributed by atoms with Crippen LogP contribution in [0.2, 0.25) is 0 Å². The summed E-state index contributed by atoms with van der Waals surface area (Å²) in [6.45, 7) is 4.07. The minimum absolute atomic E-state index is 0.0176. The third-order valence-electron chi connectivity index (χ3n) is 3.46. The van der Waals surface area contributed by atoms with E-state index >= 15 is 0 Å². The van der Waals surface area contributed by atoms with Gasteiger partial charge in [0.15, 0.2) is 0 Å². The molecule has 1 aromatic heterocycles. The molecule has 120 valence electrons. The standard InChI is InChI=1S/C16H18N4O3/c1-3-12(2)19-15(10-11-17-19)18-16(21)9-6-13-4-7-14(8-5-13)20(22)23/h4-12H,3H2,1-2H3,(H,18,21)/b9-6+. The SMILES string of the molecule is CCC(C)n1nccc1NC(=O)/C=C/c1ccc([N+](=O)[O-])cc1. The number of amides is 1. The lowest BCUT2D eigenvalue weighted by Crippen LogP contribution is -2.15. The number of nitrogens with zero attached hydrogens (tertiary/aromatic N) is 3. The number of nitro benzene ring substituents is 1. The summed E-state index contributed by atoms with van der Waals surface area (Å²) in [6.07, 6.45) is 5.53. The maximum absolute atomic E-state index is 12.0. The van der Waals surface area contributed by atoms with Crippen molar-refractivity contribution in [2.75, 3.05) is 5.32 Å². The maximum Gasteiger partial charge on any atom is 0.269 e. The number of aromatic nitrogens is 2. The fourth-order valence-electron chi connectivity index (χ4n) is 1.98. The summed E-state index contributed by atoms with van der Waals surface area (Å²) in [5, 5.41) is 17.6. The molecule has 0 saturated carbocycles. The predicted octanol–water partition coefficient (Wildman–Crippen LogP) is 3.41.